The summed E-state index contributed by atoms with van der Waals surface area (Å²) in [5, 5.41) is 0. The van der Waals surface area contributed by atoms with Crippen molar-refractivity contribution in [2.75, 3.05) is 6.61 Å². The van der Waals surface area contributed by atoms with Crippen LogP contribution in [0.5, 0.6) is 17.2 Å². The zero-order valence-corrected chi connectivity index (χ0v) is 12.4. The molecule has 3 nitrogen and oxygen atoms in total. The predicted octanol–water partition coefficient (Wildman–Crippen LogP) is 3.82. The van der Waals surface area contributed by atoms with Gasteiger partial charge in [0.1, 0.15) is 22.2 Å². The largest absolute Gasteiger partial charge is 0.494 e. The van der Waals surface area contributed by atoms with Gasteiger partial charge in [-0.3, -0.25) is 0 Å². The number of thiocarbonyl (C=S) groups is 1. The van der Waals surface area contributed by atoms with Crippen LogP contribution < -0.4 is 15.2 Å². The molecular formula is C16H17NO2S. The van der Waals surface area contributed by atoms with Gasteiger partial charge in [-0.2, -0.15) is 0 Å². The summed E-state index contributed by atoms with van der Waals surface area (Å²) in [6, 6.07) is 13.2. The van der Waals surface area contributed by atoms with Gasteiger partial charge in [0.15, 0.2) is 0 Å². The van der Waals surface area contributed by atoms with Gasteiger partial charge in [-0.15, -0.1) is 0 Å². The summed E-state index contributed by atoms with van der Waals surface area (Å²) in [4.78, 5) is 0.324. The number of ether oxygens (including phenoxy) is 2. The van der Waals surface area contributed by atoms with E-state index >= 15 is 0 Å². The van der Waals surface area contributed by atoms with Crippen molar-refractivity contribution in [1.82, 2.24) is 0 Å². The van der Waals surface area contributed by atoms with E-state index in [0.29, 0.717) is 23.1 Å². The van der Waals surface area contributed by atoms with Crippen LogP contribution in [0.2, 0.25) is 0 Å². The van der Waals surface area contributed by atoms with Crippen molar-refractivity contribution in [2.45, 2.75) is 13.8 Å². The van der Waals surface area contributed by atoms with Crippen LogP contribution in [0.15, 0.2) is 42.5 Å². The molecule has 2 N–H and O–H groups in total. The van der Waals surface area contributed by atoms with Gasteiger partial charge in [-0.25, -0.2) is 0 Å². The molecule has 104 valence electrons. The maximum Gasteiger partial charge on any atom is 0.137 e. The fraction of sp³-hybridized carbons (Fsp3) is 0.188. The van der Waals surface area contributed by atoms with E-state index in [1.54, 1.807) is 0 Å². The Labute approximate surface area is 124 Å². The molecule has 4 heteroatoms. The molecule has 0 saturated carbocycles. The lowest BCUT2D eigenvalue weighted by Gasteiger charge is -2.12. The van der Waals surface area contributed by atoms with Crippen LogP contribution >= 0.6 is 12.2 Å². The standard InChI is InChI=1S/C16H17NO2S/c1-3-18-12-5-4-6-13(10-12)19-15-8-7-11(2)9-14(15)16(17)20/h4-10H,3H2,1-2H3,(H2,17,20). The van der Waals surface area contributed by atoms with Crippen LogP contribution in [0.1, 0.15) is 18.1 Å². The van der Waals surface area contributed by atoms with Crippen LogP contribution in [0, 0.1) is 6.92 Å². The quantitative estimate of drug-likeness (QED) is 0.849. The molecule has 0 fully saturated rings. The highest BCUT2D eigenvalue weighted by atomic mass is 32.1. The van der Waals surface area contributed by atoms with Gasteiger partial charge in [-0.1, -0.05) is 29.9 Å². The Kier molecular flexibility index (Phi) is 4.58. The third kappa shape index (κ3) is 3.48. The van der Waals surface area contributed by atoms with Crippen LogP contribution in [-0.4, -0.2) is 11.6 Å². The van der Waals surface area contributed by atoms with Gasteiger partial charge in [0.05, 0.1) is 12.2 Å². The third-order valence-electron chi connectivity index (χ3n) is 2.74. The van der Waals surface area contributed by atoms with Gasteiger partial charge >= 0.3 is 0 Å². The first-order valence-corrected chi connectivity index (χ1v) is 6.82. The van der Waals surface area contributed by atoms with Crippen LogP contribution in [0.4, 0.5) is 0 Å². The fourth-order valence-electron chi connectivity index (χ4n) is 1.85. The van der Waals surface area contributed by atoms with E-state index in [-0.39, 0.29) is 0 Å². The minimum absolute atomic E-state index is 0.324. The van der Waals surface area contributed by atoms with Crippen molar-refractivity contribution < 1.29 is 9.47 Å². The van der Waals surface area contributed by atoms with Gasteiger partial charge < -0.3 is 15.2 Å². The molecule has 0 aromatic heterocycles. The molecule has 0 atom stereocenters. The average Bonchev–Trinajstić information content (AvgIpc) is 2.41. The second-order valence-electron chi connectivity index (χ2n) is 4.37. The molecule has 0 aliphatic heterocycles. The van der Waals surface area contributed by atoms with Crippen molar-refractivity contribution in [3.8, 4) is 17.2 Å². The second kappa shape index (κ2) is 6.39. The zero-order chi connectivity index (χ0) is 14.5. The first-order chi connectivity index (χ1) is 9.60. The smallest absolute Gasteiger partial charge is 0.137 e. The Hall–Kier alpha value is -2.07. The molecule has 2 aromatic carbocycles. The molecule has 0 bridgehead atoms. The molecule has 0 aliphatic carbocycles. The molecule has 0 heterocycles. The molecule has 2 rings (SSSR count). The maximum atomic E-state index is 5.87. The van der Waals surface area contributed by atoms with Crippen molar-refractivity contribution >= 4 is 17.2 Å². The highest BCUT2D eigenvalue weighted by molar-refractivity contribution is 7.80. The van der Waals surface area contributed by atoms with Crippen LogP contribution in [0.25, 0.3) is 0 Å². The zero-order valence-electron chi connectivity index (χ0n) is 11.6. The molecule has 2 aromatic rings. The van der Waals surface area contributed by atoms with E-state index in [2.05, 4.69) is 0 Å². The summed E-state index contributed by atoms with van der Waals surface area (Å²) in [5.41, 5.74) is 7.57. The Morgan fingerprint density at radius 3 is 2.60 bits per heavy atom. The lowest BCUT2D eigenvalue weighted by Crippen LogP contribution is -2.11. The first kappa shape index (κ1) is 14.3. The molecule has 0 unspecified atom stereocenters. The van der Waals surface area contributed by atoms with Gasteiger partial charge in [0, 0.05) is 6.07 Å². The molecule has 0 amide bonds. The van der Waals surface area contributed by atoms with Crippen molar-refractivity contribution in [3.05, 3.63) is 53.6 Å². The summed E-state index contributed by atoms with van der Waals surface area (Å²) in [7, 11) is 0. The number of nitrogens with two attached hydrogens (primary N) is 1. The minimum atomic E-state index is 0.324. The third-order valence-corrected chi connectivity index (χ3v) is 2.96. The van der Waals surface area contributed by atoms with Crippen LogP contribution in [-0.2, 0) is 0 Å². The highest BCUT2D eigenvalue weighted by Gasteiger charge is 2.08. The van der Waals surface area contributed by atoms with E-state index in [1.807, 2.05) is 56.3 Å². The number of aryl methyl sites for hydroxylation is 1. The maximum absolute atomic E-state index is 5.87. The Morgan fingerprint density at radius 1 is 1.15 bits per heavy atom. The average molecular weight is 287 g/mol. The van der Waals surface area contributed by atoms with Crippen molar-refractivity contribution in [3.63, 3.8) is 0 Å². The summed E-state index contributed by atoms with van der Waals surface area (Å²) in [6.45, 7) is 4.55. The number of rotatable bonds is 5. The number of hydrogen-bond donors (Lipinski definition) is 1. The summed E-state index contributed by atoms with van der Waals surface area (Å²) < 4.78 is 11.3. The van der Waals surface area contributed by atoms with E-state index in [1.165, 1.54) is 0 Å². The molecule has 0 aliphatic rings. The monoisotopic (exact) mass is 287 g/mol. The highest BCUT2D eigenvalue weighted by Crippen LogP contribution is 2.28. The Balaban J connectivity index is 2.30. The van der Waals surface area contributed by atoms with Gasteiger partial charge in [0.25, 0.3) is 0 Å². The Morgan fingerprint density at radius 2 is 1.90 bits per heavy atom. The lowest BCUT2D eigenvalue weighted by molar-refractivity contribution is 0.338. The topological polar surface area (TPSA) is 44.5 Å². The Bertz CT molecular complexity index is 626. The SMILES string of the molecule is CCOc1cccc(Oc2ccc(C)cc2C(N)=S)c1. The summed E-state index contributed by atoms with van der Waals surface area (Å²) in [5.74, 6) is 2.11. The molecule has 20 heavy (non-hydrogen) atoms. The minimum Gasteiger partial charge on any atom is -0.494 e. The van der Waals surface area contributed by atoms with E-state index in [9.17, 15) is 0 Å². The summed E-state index contributed by atoms with van der Waals surface area (Å²) in [6.07, 6.45) is 0. The molecule has 0 spiro atoms. The summed E-state index contributed by atoms with van der Waals surface area (Å²) >= 11 is 5.07. The first-order valence-electron chi connectivity index (χ1n) is 6.41. The predicted molar refractivity (Wildman–Crippen MR) is 84.8 cm³/mol. The lowest BCUT2D eigenvalue weighted by atomic mass is 10.1. The fourth-order valence-corrected chi connectivity index (χ4v) is 2.01. The van der Waals surface area contributed by atoms with E-state index in [4.69, 9.17) is 27.4 Å². The molecular weight excluding hydrogens is 270 g/mol. The van der Waals surface area contributed by atoms with E-state index in [0.717, 1.165) is 16.9 Å². The normalized spacial score (nSPS) is 10.1. The van der Waals surface area contributed by atoms with Crippen molar-refractivity contribution in [2.24, 2.45) is 5.73 Å². The van der Waals surface area contributed by atoms with Crippen LogP contribution in [0.3, 0.4) is 0 Å². The van der Waals surface area contributed by atoms with E-state index < -0.39 is 0 Å². The number of benzene rings is 2. The molecule has 0 radical (unpaired) electrons. The van der Waals surface area contributed by atoms with Crippen molar-refractivity contribution in [1.29, 1.82) is 0 Å². The molecule has 0 saturated heterocycles. The van der Waals surface area contributed by atoms with Gasteiger partial charge in [-0.05, 0) is 38.1 Å². The van der Waals surface area contributed by atoms with Gasteiger partial charge in [0.2, 0.25) is 0 Å². The number of hydrogen-bond acceptors (Lipinski definition) is 3. The second-order valence-corrected chi connectivity index (χ2v) is 4.81.